The Morgan fingerprint density at radius 1 is 1.28 bits per heavy atom. The molecule has 11 heteroatoms. The molecule has 2 amide bonds. The smallest absolute Gasteiger partial charge is 0.276 e. The van der Waals surface area contributed by atoms with Crippen LogP contribution in [-0.2, 0) is 16.1 Å². The van der Waals surface area contributed by atoms with E-state index in [-0.39, 0.29) is 24.8 Å². The van der Waals surface area contributed by atoms with Crippen molar-refractivity contribution in [2.24, 2.45) is 0 Å². The Morgan fingerprint density at radius 3 is 2.81 bits per heavy atom. The molecule has 0 aliphatic carbocycles. The van der Waals surface area contributed by atoms with Gasteiger partial charge in [0.25, 0.3) is 17.7 Å². The van der Waals surface area contributed by atoms with Crippen LogP contribution in [0.25, 0.3) is 0 Å². The molecule has 1 aromatic heterocycles. The Morgan fingerprint density at radius 2 is 2.06 bits per heavy atom. The second-order valence-corrected chi connectivity index (χ2v) is 8.07. The SMILES string of the molecule is Cc1cccc(OCC(=O)N2CC(F)(F)C[C@H]2Cn2cc(C(=O)N3CCOCC3)nn2)c1. The van der Waals surface area contributed by atoms with Crippen molar-refractivity contribution in [1.29, 1.82) is 0 Å². The van der Waals surface area contributed by atoms with E-state index in [1.165, 1.54) is 10.9 Å². The minimum Gasteiger partial charge on any atom is -0.484 e. The largest absolute Gasteiger partial charge is 0.484 e. The highest BCUT2D eigenvalue weighted by Crippen LogP contribution is 2.33. The Balaban J connectivity index is 1.39. The normalized spacial score (nSPS) is 20.4. The first kappa shape index (κ1) is 22.1. The van der Waals surface area contributed by atoms with E-state index in [9.17, 15) is 18.4 Å². The molecule has 3 heterocycles. The molecule has 2 aliphatic rings. The number of morpholine rings is 1. The summed E-state index contributed by atoms with van der Waals surface area (Å²) in [6.45, 7) is 2.72. The number of hydrogen-bond acceptors (Lipinski definition) is 6. The number of aromatic nitrogens is 3. The van der Waals surface area contributed by atoms with E-state index in [0.29, 0.717) is 32.1 Å². The summed E-state index contributed by atoms with van der Waals surface area (Å²) in [6.07, 6.45) is 0.940. The van der Waals surface area contributed by atoms with Crippen molar-refractivity contribution in [1.82, 2.24) is 24.8 Å². The van der Waals surface area contributed by atoms with E-state index in [2.05, 4.69) is 10.3 Å². The van der Waals surface area contributed by atoms with Gasteiger partial charge in [0.05, 0.1) is 38.5 Å². The van der Waals surface area contributed by atoms with Gasteiger partial charge in [0.2, 0.25) is 0 Å². The number of amides is 2. The molecule has 1 atom stereocenters. The zero-order valence-electron chi connectivity index (χ0n) is 17.7. The second-order valence-electron chi connectivity index (χ2n) is 8.07. The lowest BCUT2D eigenvalue weighted by molar-refractivity contribution is -0.135. The van der Waals surface area contributed by atoms with Crippen molar-refractivity contribution in [2.75, 3.05) is 39.5 Å². The standard InChI is InChI=1S/C21H25F2N5O4/c1-15-3-2-4-17(9-15)32-13-19(29)28-14-21(22,23)10-16(28)11-27-12-18(24-25-27)20(30)26-5-7-31-8-6-26/h2-4,9,12,16H,5-8,10-11,13-14H2,1H3/t16-/m0/s1. The maximum absolute atomic E-state index is 14.1. The molecule has 0 radical (unpaired) electrons. The molecular weight excluding hydrogens is 424 g/mol. The number of ether oxygens (including phenoxy) is 2. The number of rotatable bonds is 6. The first-order valence-corrected chi connectivity index (χ1v) is 10.4. The topological polar surface area (TPSA) is 89.8 Å². The van der Waals surface area contributed by atoms with E-state index in [0.717, 1.165) is 10.5 Å². The van der Waals surface area contributed by atoms with Gasteiger partial charge < -0.3 is 19.3 Å². The van der Waals surface area contributed by atoms with E-state index in [4.69, 9.17) is 9.47 Å². The van der Waals surface area contributed by atoms with Crippen LogP contribution in [0.2, 0.25) is 0 Å². The monoisotopic (exact) mass is 449 g/mol. The van der Waals surface area contributed by atoms with Crippen molar-refractivity contribution in [3.05, 3.63) is 41.7 Å². The van der Waals surface area contributed by atoms with Gasteiger partial charge in [-0.25, -0.2) is 13.5 Å². The van der Waals surface area contributed by atoms with Crippen molar-refractivity contribution in [3.63, 3.8) is 0 Å². The van der Waals surface area contributed by atoms with Crippen molar-refractivity contribution in [3.8, 4) is 5.75 Å². The van der Waals surface area contributed by atoms with Crippen molar-refractivity contribution in [2.45, 2.75) is 31.9 Å². The summed E-state index contributed by atoms with van der Waals surface area (Å²) in [4.78, 5) is 27.9. The van der Waals surface area contributed by atoms with E-state index < -0.39 is 30.8 Å². The first-order valence-electron chi connectivity index (χ1n) is 10.4. The molecule has 0 N–H and O–H groups in total. The molecule has 2 aliphatic heterocycles. The lowest BCUT2D eigenvalue weighted by Crippen LogP contribution is -2.41. The van der Waals surface area contributed by atoms with Crippen LogP contribution in [0.4, 0.5) is 8.78 Å². The fourth-order valence-corrected chi connectivity index (χ4v) is 3.92. The summed E-state index contributed by atoms with van der Waals surface area (Å²) in [5, 5.41) is 7.80. The average molecular weight is 449 g/mol. The van der Waals surface area contributed by atoms with Gasteiger partial charge >= 0.3 is 0 Å². The van der Waals surface area contributed by atoms with Gasteiger partial charge in [-0.15, -0.1) is 5.10 Å². The molecule has 0 saturated carbocycles. The molecule has 0 spiro atoms. The molecule has 4 rings (SSSR count). The van der Waals surface area contributed by atoms with Crippen LogP contribution < -0.4 is 4.74 Å². The van der Waals surface area contributed by atoms with Crippen LogP contribution in [0.1, 0.15) is 22.5 Å². The van der Waals surface area contributed by atoms with Gasteiger partial charge in [0.1, 0.15) is 5.75 Å². The van der Waals surface area contributed by atoms with E-state index in [1.54, 1.807) is 23.1 Å². The predicted octanol–water partition coefficient (Wildman–Crippen LogP) is 1.37. The van der Waals surface area contributed by atoms with Crippen molar-refractivity contribution >= 4 is 11.8 Å². The Hall–Kier alpha value is -3.08. The lowest BCUT2D eigenvalue weighted by Gasteiger charge is -2.25. The molecule has 2 fully saturated rings. The molecule has 32 heavy (non-hydrogen) atoms. The summed E-state index contributed by atoms with van der Waals surface area (Å²) in [7, 11) is 0. The Kier molecular flexibility index (Phi) is 6.35. The molecule has 0 bridgehead atoms. The third kappa shape index (κ3) is 5.21. The lowest BCUT2D eigenvalue weighted by atomic mass is 10.2. The number of carbonyl (C=O) groups excluding carboxylic acids is 2. The van der Waals surface area contributed by atoms with Gasteiger partial charge in [0.15, 0.2) is 12.3 Å². The number of likely N-dealkylation sites (tertiary alicyclic amines) is 1. The number of benzene rings is 1. The van der Waals surface area contributed by atoms with Crippen LogP contribution in [0, 0.1) is 6.92 Å². The molecule has 172 valence electrons. The fourth-order valence-electron chi connectivity index (χ4n) is 3.92. The quantitative estimate of drug-likeness (QED) is 0.662. The number of carbonyl (C=O) groups is 2. The minimum atomic E-state index is -3.00. The summed E-state index contributed by atoms with van der Waals surface area (Å²) in [6, 6.07) is 6.38. The summed E-state index contributed by atoms with van der Waals surface area (Å²) in [5.74, 6) is -3.31. The van der Waals surface area contributed by atoms with Gasteiger partial charge in [0, 0.05) is 19.5 Å². The Labute approximate surface area is 183 Å². The predicted molar refractivity (Wildman–Crippen MR) is 108 cm³/mol. The number of aryl methyl sites for hydroxylation is 1. The van der Waals surface area contributed by atoms with Crippen molar-refractivity contribution < 1.29 is 27.8 Å². The number of halogens is 2. The van der Waals surface area contributed by atoms with E-state index >= 15 is 0 Å². The van der Waals surface area contributed by atoms with Crippen LogP contribution in [0.3, 0.4) is 0 Å². The highest BCUT2D eigenvalue weighted by atomic mass is 19.3. The maximum Gasteiger partial charge on any atom is 0.276 e. The van der Waals surface area contributed by atoms with Crippen LogP contribution >= 0.6 is 0 Å². The van der Waals surface area contributed by atoms with Gasteiger partial charge in [-0.2, -0.15) is 0 Å². The molecule has 1 aromatic carbocycles. The summed E-state index contributed by atoms with van der Waals surface area (Å²) in [5.41, 5.74) is 1.10. The van der Waals surface area contributed by atoms with Gasteiger partial charge in [-0.1, -0.05) is 17.3 Å². The highest BCUT2D eigenvalue weighted by molar-refractivity contribution is 5.92. The maximum atomic E-state index is 14.1. The van der Waals surface area contributed by atoms with Gasteiger partial charge in [-0.3, -0.25) is 9.59 Å². The number of nitrogens with zero attached hydrogens (tertiary/aromatic N) is 5. The minimum absolute atomic E-state index is 0.00909. The zero-order valence-corrected chi connectivity index (χ0v) is 17.7. The third-order valence-corrected chi connectivity index (χ3v) is 5.50. The van der Waals surface area contributed by atoms with Crippen LogP contribution in [0.15, 0.2) is 30.5 Å². The number of hydrogen-bond donors (Lipinski definition) is 0. The fraction of sp³-hybridized carbons (Fsp3) is 0.524. The molecule has 9 nitrogen and oxygen atoms in total. The Bertz CT molecular complexity index is 977. The molecule has 2 saturated heterocycles. The first-order chi connectivity index (χ1) is 15.3. The molecular formula is C21H25F2N5O4. The number of alkyl halides is 2. The summed E-state index contributed by atoms with van der Waals surface area (Å²) < 4.78 is 40.4. The van der Waals surface area contributed by atoms with E-state index in [1.807, 2.05) is 13.0 Å². The summed E-state index contributed by atoms with van der Waals surface area (Å²) >= 11 is 0. The van der Waals surface area contributed by atoms with Crippen LogP contribution in [0.5, 0.6) is 5.75 Å². The average Bonchev–Trinajstić information content (AvgIpc) is 3.36. The van der Waals surface area contributed by atoms with Crippen LogP contribution in [-0.4, -0.2) is 88.0 Å². The molecule has 0 unspecified atom stereocenters. The zero-order chi connectivity index (χ0) is 22.7. The second kappa shape index (κ2) is 9.19. The van der Waals surface area contributed by atoms with Gasteiger partial charge in [-0.05, 0) is 24.6 Å². The molecule has 2 aromatic rings. The highest BCUT2D eigenvalue weighted by Gasteiger charge is 2.47. The third-order valence-electron chi connectivity index (χ3n) is 5.50.